The monoisotopic (exact) mass is 815 g/mol. The summed E-state index contributed by atoms with van der Waals surface area (Å²) in [6.07, 6.45) is -0.467. The molecule has 0 aliphatic carbocycles. The van der Waals surface area contributed by atoms with E-state index in [2.05, 4.69) is 64.5 Å². The number of hydrogen-bond donors (Lipinski definition) is 14. The van der Waals surface area contributed by atoms with Crippen LogP contribution in [0.15, 0.2) is 35.3 Å². The average Bonchev–Trinajstić information content (AvgIpc) is 3.15. The Morgan fingerprint density at radius 3 is 2.12 bits per heavy atom. The standard InChI is InChI=1S/C32H41N13O11S/c33-31(34)36-9-1-2-17(26(50)42-19(10-22(47)48)27(51)43-20(13-57)30(55)56)40-21(46)8-7-18(29(53)54)41-25(49)14-3-5-15(6-4-14)37-11-16-12-38-24-23(39-16)28(52)45-32(35)44-24/h3-6,12,17-20,37,57H,1-2,7-11,13H2,(H,40,46)(H,41,49)(H,42,50)(H,43,51)(H,47,48)(H,53,54)(H,55,56)(H4,33,34,36)(H3,35,38,44,45,52)/t17-,18-,19-,20-/m1/s1. The first-order chi connectivity index (χ1) is 27.0. The molecule has 4 amide bonds. The predicted molar refractivity (Wildman–Crippen MR) is 203 cm³/mol. The number of rotatable bonds is 22. The van der Waals surface area contributed by atoms with Crippen LogP contribution in [0.5, 0.6) is 0 Å². The number of carboxylic acids is 3. The zero-order chi connectivity index (χ0) is 42.2. The van der Waals surface area contributed by atoms with Crippen molar-refractivity contribution in [2.75, 3.05) is 23.3 Å². The van der Waals surface area contributed by atoms with Crippen molar-refractivity contribution in [3.63, 3.8) is 0 Å². The fraction of sp³-hybridized carbons (Fsp3) is 0.375. The molecule has 57 heavy (non-hydrogen) atoms. The highest BCUT2D eigenvalue weighted by molar-refractivity contribution is 7.80. The van der Waals surface area contributed by atoms with Crippen molar-refractivity contribution in [2.45, 2.75) is 62.8 Å². The number of nitrogens with one attached hydrogen (secondary N) is 8. The molecular weight excluding hydrogens is 774 g/mol. The van der Waals surface area contributed by atoms with Crippen molar-refractivity contribution in [2.24, 2.45) is 5.73 Å². The van der Waals surface area contributed by atoms with Crippen LogP contribution in [0.4, 0.5) is 11.6 Å². The maximum Gasteiger partial charge on any atom is 0.327 e. The van der Waals surface area contributed by atoms with Gasteiger partial charge in [0.15, 0.2) is 17.1 Å². The molecule has 0 aliphatic heterocycles. The highest BCUT2D eigenvalue weighted by Crippen LogP contribution is 2.13. The second kappa shape index (κ2) is 21.1. The number of carbonyl (C=O) groups excluding carboxylic acids is 4. The van der Waals surface area contributed by atoms with E-state index in [1.165, 1.54) is 30.5 Å². The van der Waals surface area contributed by atoms with Crippen LogP contribution in [0, 0.1) is 5.41 Å². The minimum Gasteiger partial charge on any atom is -0.481 e. The van der Waals surface area contributed by atoms with Gasteiger partial charge in [-0.25, -0.2) is 19.6 Å². The summed E-state index contributed by atoms with van der Waals surface area (Å²) in [5.74, 6) is -9.02. The fourth-order valence-corrected chi connectivity index (χ4v) is 5.19. The number of carboxylic acid groups (broad SMARTS) is 3. The summed E-state index contributed by atoms with van der Waals surface area (Å²) in [5, 5.41) is 50.1. The first kappa shape index (κ1) is 44.3. The summed E-state index contributed by atoms with van der Waals surface area (Å²) in [6.45, 7) is 0.219. The summed E-state index contributed by atoms with van der Waals surface area (Å²) >= 11 is 3.83. The molecule has 0 saturated carbocycles. The lowest BCUT2D eigenvalue weighted by molar-refractivity contribution is -0.143. The topological polar surface area (TPSA) is 400 Å². The van der Waals surface area contributed by atoms with Crippen molar-refractivity contribution in [3.8, 4) is 0 Å². The summed E-state index contributed by atoms with van der Waals surface area (Å²) in [6, 6.07) is -0.323. The Kier molecular flexibility index (Phi) is 16.5. The number of nitrogen functional groups attached to an aromatic ring is 1. The van der Waals surface area contributed by atoms with Crippen molar-refractivity contribution in [1.29, 1.82) is 5.41 Å². The number of nitrogens with zero attached hydrogens (tertiary/aromatic N) is 3. The highest BCUT2D eigenvalue weighted by Gasteiger charge is 2.31. The first-order valence-electron chi connectivity index (χ1n) is 16.9. The SMILES string of the molecule is N=C(N)NCCC[C@@H](NC(=O)CC[C@@H](NC(=O)c1ccc(NCc2cnc3nc(N)[nH]c(=O)c3n2)cc1)C(=O)O)C(=O)N[C@H](CC(=O)O)C(=O)N[C@H](CS)C(=O)O. The molecule has 0 unspecified atom stereocenters. The zero-order valence-corrected chi connectivity index (χ0v) is 30.8. The van der Waals surface area contributed by atoms with Gasteiger partial charge in [-0.15, -0.1) is 0 Å². The number of fused-ring (bicyclic) bond motifs is 1. The molecule has 25 heteroatoms. The molecule has 0 aliphatic rings. The molecule has 0 bridgehead atoms. The molecule has 306 valence electrons. The summed E-state index contributed by atoms with van der Waals surface area (Å²) in [5.41, 5.74) is 11.3. The molecule has 4 atom stereocenters. The van der Waals surface area contributed by atoms with E-state index in [1.54, 1.807) is 0 Å². The first-order valence-corrected chi connectivity index (χ1v) is 17.5. The van der Waals surface area contributed by atoms with E-state index < -0.39 is 90.5 Å². The number of hydrogen-bond acceptors (Lipinski definition) is 15. The number of H-pyrrole nitrogens is 1. The maximum atomic E-state index is 13.3. The number of carbonyl (C=O) groups is 7. The number of guanidine groups is 1. The number of anilines is 2. The van der Waals surface area contributed by atoms with Crippen LogP contribution in [0.3, 0.4) is 0 Å². The van der Waals surface area contributed by atoms with Crippen LogP contribution in [-0.4, -0.2) is 119 Å². The number of thiol groups is 1. The Hall–Kier alpha value is -7.05. The van der Waals surface area contributed by atoms with Gasteiger partial charge < -0.3 is 58.7 Å². The minimum absolute atomic E-state index is 0.00345. The predicted octanol–water partition coefficient (Wildman–Crippen LogP) is -2.92. The lowest BCUT2D eigenvalue weighted by atomic mass is 10.1. The Labute approximate surface area is 327 Å². The third kappa shape index (κ3) is 14.3. The van der Waals surface area contributed by atoms with Crippen molar-refractivity contribution < 1.29 is 48.9 Å². The van der Waals surface area contributed by atoms with E-state index in [4.69, 9.17) is 16.9 Å². The fourth-order valence-electron chi connectivity index (χ4n) is 4.94. The molecule has 3 rings (SSSR count). The normalized spacial score (nSPS) is 12.9. The van der Waals surface area contributed by atoms with Crippen molar-refractivity contribution in [3.05, 3.63) is 52.1 Å². The Morgan fingerprint density at radius 1 is 0.860 bits per heavy atom. The van der Waals surface area contributed by atoms with Gasteiger partial charge >= 0.3 is 17.9 Å². The van der Waals surface area contributed by atoms with Gasteiger partial charge in [0.25, 0.3) is 11.5 Å². The molecule has 15 N–H and O–H groups in total. The lowest BCUT2D eigenvalue weighted by Crippen LogP contribution is -2.56. The van der Waals surface area contributed by atoms with Crippen LogP contribution in [0.25, 0.3) is 11.2 Å². The number of benzene rings is 1. The largest absolute Gasteiger partial charge is 0.481 e. The van der Waals surface area contributed by atoms with Crippen LogP contribution >= 0.6 is 12.6 Å². The van der Waals surface area contributed by atoms with Gasteiger partial charge in [0.1, 0.15) is 24.2 Å². The van der Waals surface area contributed by atoms with E-state index in [0.29, 0.717) is 11.4 Å². The quantitative estimate of drug-likeness (QED) is 0.0209. The smallest absolute Gasteiger partial charge is 0.327 e. The van der Waals surface area contributed by atoms with Crippen LogP contribution in [0.1, 0.15) is 48.2 Å². The van der Waals surface area contributed by atoms with Crippen molar-refractivity contribution >= 4 is 82.9 Å². The maximum absolute atomic E-state index is 13.3. The lowest BCUT2D eigenvalue weighted by Gasteiger charge is -2.24. The van der Waals surface area contributed by atoms with Crippen LogP contribution < -0.4 is 48.9 Å². The molecule has 0 fully saturated rings. The summed E-state index contributed by atoms with van der Waals surface area (Å²) < 4.78 is 0. The van der Waals surface area contributed by atoms with E-state index in [0.717, 1.165) is 0 Å². The molecule has 2 aromatic heterocycles. The van der Waals surface area contributed by atoms with Gasteiger partial charge in [-0.1, -0.05) is 0 Å². The van der Waals surface area contributed by atoms with E-state index in [1.807, 2.05) is 0 Å². The minimum atomic E-state index is -1.76. The molecule has 24 nitrogen and oxygen atoms in total. The Bertz CT molecular complexity index is 2050. The number of amides is 4. The molecule has 0 saturated heterocycles. The molecule has 3 aromatic rings. The third-order valence-electron chi connectivity index (χ3n) is 7.82. The average molecular weight is 816 g/mol. The van der Waals surface area contributed by atoms with Gasteiger partial charge in [-0.2, -0.15) is 17.6 Å². The molecule has 0 radical (unpaired) electrons. The summed E-state index contributed by atoms with van der Waals surface area (Å²) in [4.78, 5) is 113. The molecule has 2 heterocycles. The molecular formula is C32H41N13O11S. The van der Waals surface area contributed by atoms with Gasteiger partial charge in [0.2, 0.25) is 23.7 Å². The van der Waals surface area contributed by atoms with Crippen molar-refractivity contribution in [1.82, 2.24) is 46.5 Å². The second-order valence-corrected chi connectivity index (χ2v) is 12.5. The molecule has 1 aromatic carbocycles. The van der Waals surface area contributed by atoms with E-state index in [-0.39, 0.29) is 60.3 Å². The van der Waals surface area contributed by atoms with Gasteiger partial charge in [0.05, 0.1) is 24.9 Å². The van der Waals surface area contributed by atoms with Gasteiger partial charge in [0, 0.05) is 30.0 Å². The highest BCUT2D eigenvalue weighted by atomic mass is 32.1. The Morgan fingerprint density at radius 2 is 1.51 bits per heavy atom. The third-order valence-corrected chi connectivity index (χ3v) is 8.18. The number of aliphatic carboxylic acids is 3. The van der Waals surface area contributed by atoms with E-state index >= 15 is 0 Å². The zero-order valence-electron chi connectivity index (χ0n) is 29.9. The number of nitrogens with two attached hydrogens (primary N) is 2. The molecule has 0 spiro atoms. The van der Waals surface area contributed by atoms with Crippen LogP contribution in [-0.2, 0) is 35.3 Å². The van der Waals surface area contributed by atoms with Gasteiger partial charge in [-0.3, -0.25) is 39.2 Å². The Balaban J connectivity index is 1.61. The second-order valence-electron chi connectivity index (χ2n) is 12.2. The van der Waals surface area contributed by atoms with Gasteiger partial charge in [-0.05, 0) is 43.5 Å². The number of aromatic nitrogens is 4. The van der Waals surface area contributed by atoms with Crippen LogP contribution in [0.2, 0.25) is 0 Å². The number of aromatic amines is 1. The summed E-state index contributed by atoms with van der Waals surface area (Å²) in [7, 11) is 0. The van der Waals surface area contributed by atoms with E-state index in [9.17, 15) is 53.7 Å².